The van der Waals surface area contributed by atoms with Gasteiger partial charge in [0.2, 0.25) is 0 Å². The second-order valence-electron chi connectivity index (χ2n) is 5.97. The smallest absolute Gasteiger partial charge is 0.251 e. The summed E-state index contributed by atoms with van der Waals surface area (Å²) in [6.45, 7) is 1.84. The number of amides is 1. The number of hydrogen-bond donors (Lipinski definition) is 1. The monoisotopic (exact) mass is 349 g/mol. The Morgan fingerprint density at radius 2 is 1.85 bits per heavy atom. The topological polar surface area (TPSA) is 80.1 Å². The summed E-state index contributed by atoms with van der Waals surface area (Å²) >= 11 is 0. The molecule has 6 nitrogen and oxygen atoms in total. The van der Waals surface area contributed by atoms with Crippen molar-refractivity contribution in [3.63, 3.8) is 0 Å². The molecule has 132 valence electrons. The number of carbonyl (C=O) groups is 2. The van der Waals surface area contributed by atoms with Crippen molar-refractivity contribution in [2.45, 2.75) is 13.3 Å². The number of ether oxygens (including phenoxy) is 1. The molecule has 0 aromatic heterocycles. The number of benzene rings is 2. The molecule has 1 N–H and O–H groups in total. The van der Waals surface area contributed by atoms with E-state index >= 15 is 0 Å². The van der Waals surface area contributed by atoms with Gasteiger partial charge >= 0.3 is 0 Å². The van der Waals surface area contributed by atoms with Gasteiger partial charge in [-0.2, -0.15) is 10.2 Å². The quantitative estimate of drug-likeness (QED) is 0.814. The van der Waals surface area contributed by atoms with Gasteiger partial charge in [-0.15, -0.1) is 0 Å². The summed E-state index contributed by atoms with van der Waals surface area (Å²) in [5.74, 6) is 0.211. The average molecular weight is 349 g/mol. The first-order valence-electron chi connectivity index (χ1n) is 8.22. The van der Waals surface area contributed by atoms with Gasteiger partial charge < -0.3 is 10.1 Å². The third-order valence-electron chi connectivity index (χ3n) is 4.04. The van der Waals surface area contributed by atoms with Crippen LogP contribution in [0.1, 0.15) is 39.6 Å². The average Bonchev–Trinajstić information content (AvgIpc) is 3.12. The van der Waals surface area contributed by atoms with Crippen molar-refractivity contribution in [2.75, 3.05) is 13.7 Å². The molecule has 1 aliphatic rings. The van der Waals surface area contributed by atoms with Gasteiger partial charge in [0.1, 0.15) is 5.75 Å². The molecule has 0 fully saturated rings. The van der Waals surface area contributed by atoms with Gasteiger partial charge in [-0.25, -0.2) is 0 Å². The first kappa shape index (κ1) is 17.5. The Morgan fingerprint density at radius 1 is 1.08 bits per heavy atom. The van der Waals surface area contributed by atoms with Crippen LogP contribution in [-0.4, -0.2) is 36.8 Å². The first-order chi connectivity index (χ1) is 12.6. The zero-order valence-electron chi connectivity index (χ0n) is 14.7. The van der Waals surface area contributed by atoms with Gasteiger partial charge in [0.15, 0.2) is 5.78 Å². The lowest BCUT2D eigenvalue weighted by Crippen LogP contribution is -2.29. The molecule has 0 radical (unpaired) electrons. The van der Waals surface area contributed by atoms with Gasteiger partial charge in [-0.1, -0.05) is 12.1 Å². The van der Waals surface area contributed by atoms with E-state index in [1.807, 2.05) is 13.0 Å². The van der Waals surface area contributed by atoms with E-state index in [1.54, 1.807) is 49.6 Å². The largest absolute Gasteiger partial charge is 0.497 e. The Morgan fingerprint density at radius 3 is 2.50 bits per heavy atom. The summed E-state index contributed by atoms with van der Waals surface area (Å²) < 4.78 is 5.07. The van der Waals surface area contributed by atoms with E-state index in [2.05, 4.69) is 15.5 Å². The molecular formula is C20H19N3O3. The van der Waals surface area contributed by atoms with E-state index in [0.29, 0.717) is 23.3 Å². The van der Waals surface area contributed by atoms with Crippen LogP contribution >= 0.6 is 0 Å². The van der Waals surface area contributed by atoms with Crippen LogP contribution < -0.4 is 10.1 Å². The highest BCUT2D eigenvalue weighted by molar-refractivity contribution is 6.15. The van der Waals surface area contributed by atoms with Crippen LogP contribution in [0.5, 0.6) is 5.75 Å². The third kappa shape index (κ3) is 4.03. The molecule has 3 rings (SSSR count). The number of rotatable bonds is 6. The number of Topliss-reactive ketones (excluding diaryl/α,β-unsaturated/α-hetero) is 1. The normalized spacial score (nSPS) is 13.0. The summed E-state index contributed by atoms with van der Waals surface area (Å²) in [5, 5.41) is 10.8. The zero-order valence-corrected chi connectivity index (χ0v) is 14.7. The van der Waals surface area contributed by atoms with Crippen LogP contribution in [0.15, 0.2) is 58.7 Å². The Hall–Kier alpha value is -3.28. The van der Waals surface area contributed by atoms with E-state index < -0.39 is 0 Å². The van der Waals surface area contributed by atoms with Crippen molar-refractivity contribution in [3.8, 4) is 5.75 Å². The van der Waals surface area contributed by atoms with Crippen LogP contribution in [0.2, 0.25) is 0 Å². The van der Waals surface area contributed by atoms with Crippen molar-refractivity contribution in [1.82, 2.24) is 5.32 Å². The summed E-state index contributed by atoms with van der Waals surface area (Å²) in [4.78, 5) is 24.6. The molecule has 6 heteroatoms. The van der Waals surface area contributed by atoms with E-state index in [0.717, 1.165) is 17.0 Å². The van der Waals surface area contributed by atoms with Gasteiger partial charge in [-0.3, -0.25) is 9.59 Å². The van der Waals surface area contributed by atoms with Crippen molar-refractivity contribution in [3.05, 3.63) is 65.2 Å². The van der Waals surface area contributed by atoms with Crippen LogP contribution in [0.4, 0.5) is 0 Å². The maximum absolute atomic E-state index is 12.4. The summed E-state index contributed by atoms with van der Waals surface area (Å²) in [6.07, 6.45) is 0.682. The standard InChI is InChI=1S/C20H19N3O3/c1-13-10-18(23-22-13)15-4-3-5-16(11-15)20(25)21-12-19(24)14-6-8-17(26-2)9-7-14/h3-9,11H,10,12H2,1-2H3,(H,21,25). The predicted molar refractivity (Wildman–Crippen MR) is 100 cm³/mol. The lowest BCUT2D eigenvalue weighted by molar-refractivity contribution is 0.0904. The molecule has 0 spiro atoms. The van der Waals surface area contributed by atoms with E-state index in [1.165, 1.54) is 0 Å². The maximum atomic E-state index is 12.4. The first-order valence-corrected chi connectivity index (χ1v) is 8.22. The summed E-state index contributed by atoms with van der Waals surface area (Å²) in [7, 11) is 1.57. The molecule has 2 aromatic carbocycles. The molecule has 0 aliphatic carbocycles. The number of ketones is 1. The van der Waals surface area contributed by atoms with Crippen molar-refractivity contribution in [2.24, 2.45) is 10.2 Å². The highest BCUT2D eigenvalue weighted by atomic mass is 16.5. The minimum Gasteiger partial charge on any atom is -0.497 e. The van der Waals surface area contributed by atoms with Gasteiger partial charge in [0, 0.05) is 23.3 Å². The molecule has 26 heavy (non-hydrogen) atoms. The van der Waals surface area contributed by atoms with Crippen LogP contribution in [0.3, 0.4) is 0 Å². The highest BCUT2D eigenvalue weighted by Crippen LogP contribution is 2.14. The van der Waals surface area contributed by atoms with Gasteiger partial charge in [0.25, 0.3) is 5.91 Å². The second-order valence-corrected chi connectivity index (χ2v) is 5.97. The minimum absolute atomic E-state index is 0.0709. The molecule has 1 amide bonds. The Balaban J connectivity index is 1.62. The fraction of sp³-hybridized carbons (Fsp3) is 0.200. The fourth-order valence-corrected chi connectivity index (χ4v) is 2.60. The third-order valence-corrected chi connectivity index (χ3v) is 4.04. The molecule has 0 saturated heterocycles. The van der Waals surface area contributed by atoms with Crippen molar-refractivity contribution < 1.29 is 14.3 Å². The summed E-state index contributed by atoms with van der Waals surface area (Å²) in [6, 6.07) is 13.9. The zero-order chi connectivity index (χ0) is 18.5. The van der Waals surface area contributed by atoms with E-state index in [-0.39, 0.29) is 18.2 Å². The molecule has 0 bridgehead atoms. The van der Waals surface area contributed by atoms with Crippen molar-refractivity contribution >= 4 is 23.1 Å². The maximum Gasteiger partial charge on any atom is 0.251 e. The summed E-state index contributed by atoms with van der Waals surface area (Å²) in [5.41, 5.74) is 3.65. The molecular weight excluding hydrogens is 330 g/mol. The van der Waals surface area contributed by atoms with Crippen LogP contribution in [0.25, 0.3) is 0 Å². The molecule has 0 unspecified atom stereocenters. The number of hydrogen-bond acceptors (Lipinski definition) is 5. The Bertz CT molecular complexity index is 899. The Kier molecular flexibility index (Phi) is 5.22. The van der Waals surface area contributed by atoms with E-state index in [4.69, 9.17) is 4.74 Å². The number of carbonyl (C=O) groups excluding carboxylic acids is 2. The molecule has 2 aromatic rings. The van der Waals surface area contributed by atoms with Crippen LogP contribution in [-0.2, 0) is 0 Å². The lowest BCUT2D eigenvalue weighted by atomic mass is 10.0. The molecule has 1 aliphatic heterocycles. The fourth-order valence-electron chi connectivity index (χ4n) is 2.60. The number of methoxy groups -OCH3 is 1. The second kappa shape index (κ2) is 7.74. The van der Waals surface area contributed by atoms with Crippen LogP contribution in [0, 0.1) is 0 Å². The minimum atomic E-state index is -0.301. The highest BCUT2D eigenvalue weighted by Gasteiger charge is 2.14. The molecule has 0 atom stereocenters. The Labute approximate surface area is 151 Å². The predicted octanol–water partition coefficient (Wildman–Crippen LogP) is 2.88. The van der Waals surface area contributed by atoms with E-state index in [9.17, 15) is 9.59 Å². The molecule has 1 heterocycles. The number of nitrogens with zero attached hydrogens (tertiary/aromatic N) is 2. The lowest BCUT2D eigenvalue weighted by Gasteiger charge is -2.07. The SMILES string of the molecule is COc1ccc(C(=O)CNC(=O)c2cccc(C3=NN=C(C)C3)c2)cc1. The van der Waals surface area contributed by atoms with Crippen molar-refractivity contribution in [1.29, 1.82) is 0 Å². The van der Waals surface area contributed by atoms with Gasteiger partial charge in [-0.05, 0) is 48.9 Å². The molecule has 0 saturated carbocycles. The van der Waals surface area contributed by atoms with Gasteiger partial charge in [0.05, 0.1) is 19.4 Å². The number of nitrogens with one attached hydrogen (secondary N) is 1.